The quantitative estimate of drug-likeness (QED) is 0.0263. The smallest absolute Gasteiger partial charge is 0.306 e. The molecular weight excluding hydrogens is 745 g/mol. The number of esters is 3. The van der Waals surface area contributed by atoms with Crippen LogP contribution in [0.5, 0.6) is 0 Å². The van der Waals surface area contributed by atoms with E-state index in [1.807, 2.05) is 0 Å². The number of ether oxygens (including phenoxy) is 3. The van der Waals surface area contributed by atoms with Gasteiger partial charge in [0.2, 0.25) is 0 Å². The van der Waals surface area contributed by atoms with Crippen LogP contribution in [0.3, 0.4) is 0 Å². The summed E-state index contributed by atoms with van der Waals surface area (Å²) in [4.78, 5) is 37.9. The van der Waals surface area contributed by atoms with E-state index in [0.717, 1.165) is 83.5 Å². The Morgan fingerprint density at radius 1 is 0.350 bits per heavy atom. The maximum absolute atomic E-state index is 12.8. The number of hydrogen-bond acceptors (Lipinski definition) is 6. The van der Waals surface area contributed by atoms with Gasteiger partial charge in [0.05, 0.1) is 0 Å². The minimum atomic E-state index is -0.777. The van der Waals surface area contributed by atoms with Crippen LogP contribution in [0.4, 0.5) is 0 Å². The molecule has 6 heteroatoms. The van der Waals surface area contributed by atoms with Crippen LogP contribution in [0.15, 0.2) is 48.6 Å². The summed E-state index contributed by atoms with van der Waals surface area (Å²) < 4.78 is 16.8. The van der Waals surface area contributed by atoms with Crippen molar-refractivity contribution in [3.05, 3.63) is 48.6 Å². The molecule has 1 unspecified atom stereocenters. The van der Waals surface area contributed by atoms with E-state index in [-0.39, 0.29) is 31.1 Å². The van der Waals surface area contributed by atoms with Crippen molar-refractivity contribution < 1.29 is 28.6 Å². The van der Waals surface area contributed by atoms with Gasteiger partial charge in [-0.1, -0.05) is 211 Å². The Morgan fingerprint density at radius 2 is 0.650 bits per heavy atom. The van der Waals surface area contributed by atoms with Gasteiger partial charge >= 0.3 is 17.9 Å². The first kappa shape index (κ1) is 57.4. The lowest BCUT2D eigenvalue weighted by Crippen LogP contribution is -2.30. The third-order valence-electron chi connectivity index (χ3n) is 11.1. The average Bonchev–Trinajstić information content (AvgIpc) is 3.24. The molecular formula is C54H96O6. The molecule has 0 fully saturated rings. The molecule has 348 valence electrons. The van der Waals surface area contributed by atoms with Gasteiger partial charge in [-0.05, 0) is 77.0 Å². The Hall–Kier alpha value is -2.63. The van der Waals surface area contributed by atoms with Crippen LogP contribution in [-0.4, -0.2) is 37.2 Å². The fourth-order valence-electron chi connectivity index (χ4n) is 7.22. The first-order valence-corrected chi connectivity index (χ1v) is 25.6. The molecule has 0 aromatic heterocycles. The SMILES string of the molecule is CC/C=C\C/C=C\C/C=C\CCCCCCCCC(=O)OCC(COC(=O)CCCCCCCCCCCCC)OC(=O)CCCCCCCCC/C=C\CCCCCC. The normalized spacial score (nSPS) is 12.4. The van der Waals surface area contributed by atoms with E-state index in [9.17, 15) is 14.4 Å². The summed E-state index contributed by atoms with van der Waals surface area (Å²) in [6, 6.07) is 0. The van der Waals surface area contributed by atoms with Gasteiger partial charge in [0.1, 0.15) is 13.2 Å². The molecule has 0 bridgehead atoms. The monoisotopic (exact) mass is 841 g/mol. The number of carbonyl (C=O) groups is 3. The van der Waals surface area contributed by atoms with Gasteiger partial charge in [-0.25, -0.2) is 0 Å². The molecule has 0 heterocycles. The van der Waals surface area contributed by atoms with Crippen LogP contribution in [0.2, 0.25) is 0 Å². The van der Waals surface area contributed by atoms with Crippen LogP contribution in [0.1, 0.15) is 258 Å². The molecule has 0 aromatic rings. The number of hydrogen-bond donors (Lipinski definition) is 0. The largest absolute Gasteiger partial charge is 0.462 e. The first-order valence-electron chi connectivity index (χ1n) is 25.6. The fraction of sp³-hybridized carbons (Fsp3) is 0.796. The first-order chi connectivity index (χ1) is 29.5. The highest BCUT2D eigenvalue weighted by Gasteiger charge is 2.19. The van der Waals surface area contributed by atoms with Crippen molar-refractivity contribution in [2.75, 3.05) is 13.2 Å². The Morgan fingerprint density at radius 3 is 1.05 bits per heavy atom. The highest BCUT2D eigenvalue weighted by Crippen LogP contribution is 2.15. The second-order valence-corrected chi connectivity index (χ2v) is 17.1. The molecule has 0 aliphatic heterocycles. The van der Waals surface area contributed by atoms with E-state index in [1.165, 1.54) is 135 Å². The van der Waals surface area contributed by atoms with E-state index in [2.05, 4.69) is 69.4 Å². The average molecular weight is 841 g/mol. The van der Waals surface area contributed by atoms with Gasteiger partial charge in [0, 0.05) is 19.3 Å². The summed E-state index contributed by atoms with van der Waals surface area (Å²) >= 11 is 0. The third-order valence-corrected chi connectivity index (χ3v) is 11.1. The molecule has 0 N–H and O–H groups in total. The molecule has 0 aliphatic carbocycles. The summed E-state index contributed by atoms with van der Waals surface area (Å²) in [7, 11) is 0. The number of rotatable bonds is 46. The van der Waals surface area contributed by atoms with Crippen molar-refractivity contribution in [1.29, 1.82) is 0 Å². The molecule has 0 rings (SSSR count). The molecule has 6 nitrogen and oxygen atoms in total. The van der Waals surface area contributed by atoms with Crippen molar-refractivity contribution in [2.45, 2.75) is 264 Å². The van der Waals surface area contributed by atoms with Crippen molar-refractivity contribution in [1.82, 2.24) is 0 Å². The van der Waals surface area contributed by atoms with Gasteiger partial charge in [-0.3, -0.25) is 14.4 Å². The Bertz CT molecular complexity index is 1060. The fourth-order valence-corrected chi connectivity index (χ4v) is 7.22. The minimum Gasteiger partial charge on any atom is -0.462 e. The van der Waals surface area contributed by atoms with Gasteiger partial charge in [0.15, 0.2) is 6.10 Å². The third kappa shape index (κ3) is 46.4. The zero-order valence-corrected chi connectivity index (χ0v) is 39.7. The molecule has 1 atom stereocenters. The summed E-state index contributed by atoms with van der Waals surface area (Å²) in [6.07, 6.45) is 58.0. The summed E-state index contributed by atoms with van der Waals surface area (Å²) in [5.41, 5.74) is 0. The summed E-state index contributed by atoms with van der Waals surface area (Å²) in [5.74, 6) is -0.889. The Kier molecular flexibility index (Phi) is 46.9. The number of carbonyl (C=O) groups excluding carboxylic acids is 3. The molecule has 0 radical (unpaired) electrons. The van der Waals surface area contributed by atoms with E-state index in [4.69, 9.17) is 14.2 Å². The van der Waals surface area contributed by atoms with Crippen molar-refractivity contribution >= 4 is 17.9 Å². The van der Waals surface area contributed by atoms with Gasteiger partial charge in [0.25, 0.3) is 0 Å². The highest BCUT2D eigenvalue weighted by atomic mass is 16.6. The van der Waals surface area contributed by atoms with Crippen molar-refractivity contribution in [2.24, 2.45) is 0 Å². The van der Waals surface area contributed by atoms with Crippen LogP contribution in [0, 0.1) is 0 Å². The molecule has 0 spiro atoms. The molecule has 0 aromatic carbocycles. The van der Waals surface area contributed by atoms with Crippen molar-refractivity contribution in [3.8, 4) is 0 Å². The minimum absolute atomic E-state index is 0.0769. The molecule has 0 saturated heterocycles. The maximum Gasteiger partial charge on any atom is 0.306 e. The number of unbranched alkanes of at least 4 members (excludes halogenated alkanes) is 27. The standard InChI is InChI=1S/C54H96O6/c1-4-7-10-13-16-19-22-24-26-28-29-32-35-38-41-44-47-53(56)59-50-51(49-58-52(55)46-43-40-37-34-31-21-18-15-12-9-6-3)60-54(57)48-45-42-39-36-33-30-27-25-23-20-17-14-11-8-5-2/h7,10,16,19-20,23-24,26,51H,4-6,8-9,11-15,17-18,21-22,25,27-50H2,1-3H3/b10-7-,19-16-,23-20-,26-24-. The predicted octanol–water partition coefficient (Wildman–Crippen LogP) is 16.7. The van der Waals surface area contributed by atoms with Crippen LogP contribution < -0.4 is 0 Å². The van der Waals surface area contributed by atoms with E-state index in [0.29, 0.717) is 19.3 Å². The lowest BCUT2D eigenvalue weighted by atomic mass is 10.1. The molecule has 0 amide bonds. The lowest BCUT2D eigenvalue weighted by molar-refractivity contribution is -0.167. The van der Waals surface area contributed by atoms with E-state index < -0.39 is 6.10 Å². The van der Waals surface area contributed by atoms with E-state index in [1.54, 1.807) is 0 Å². The number of allylic oxidation sites excluding steroid dienone is 8. The zero-order valence-electron chi connectivity index (χ0n) is 39.7. The van der Waals surface area contributed by atoms with Crippen LogP contribution in [-0.2, 0) is 28.6 Å². The highest BCUT2D eigenvalue weighted by molar-refractivity contribution is 5.71. The second kappa shape index (κ2) is 49.0. The Labute approximate surface area is 371 Å². The molecule has 60 heavy (non-hydrogen) atoms. The molecule has 0 aliphatic rings. The molecule has 0 saturated carbocycles. The van der Waals surface area contributed by atoms with Crippen LogP contribution in [0.25, 0.3) is 0 Å². The van der Waals surface area contributed by atoms with Crippen LogP contribution >= 0.6 is 0 Å². The topological polar surface area (TPSA) is 78.9 Å². The van der Waals surface area contributed by atoms with Crippen molar-refractivity contribution in [3.63, 3.8) is 0 Å². The van der Waals surface area contributed by atoms with Gasteiger partial charge in [-0.2, -0.15) is 0 Å². The summed E-state index contributed by atoms with van der Waals surface area (Å²) in [6.45, 7) is 6.50. The second-order valence-electron chi connectivity index (χ2n) is 17.1. The Balaban J connectivity index is 4.37. The van der Waals surface area contributed by atoms with E-state index >= 15 is 0 Å². The van der Waals surface area contributed by atoms with Gasteiger partial charge < -0.3 is 14.2 Å². The lowest BCUT2D eigenvalue weighted by Gasteiger charge is -2.18. The maximum atomic E-state index is 12.8. The summed E-state index contributed by atoms with van der Waals surface area (Å²) in [5, 5.41) is 0. The zero-order chi connectivity index (χ0) is 43.7. The predicted molar refractivity (Wildman–Crippen MR) is 256 cm³/mol. The van der Waals surface area contributed by atoms with Gasteiger partial charge in [-0.15, -0.1) is 0 Å².